The van der Waals surface area contributed by atoms with Gasteiger partial charge in [-0.15, -0.1) is 0 Å². The van der Waals surface area contributed by atoms with Gasteiger partial charge < -0.3 is 9.64 Å². The van der Waals surface area contributed by atoms with Crippen molar-refractivity contribution in [3.63, 3.8) is 0 Å². The summed E-state index contributed by atoms with van der Waals surface area (Å²) in [6, 6.07) is 14.4. The average Bonchev–Trinajstić information content (AvgIpc) is 3.28. The predicted molar refractivity (Wildman–Crippen MR) is 108 cm³/mol. The minimum absolute atomic E-state index is 0.139. The molecule has 0 unspecified atom stereocenters. The van der Waals surface area contributed by atoms with Gasteiger partial charge in [0, 0.05) is 32.7 Å². The molecule has 1 aliphatic rings. The van der Waals surface area contributed by atoms with E-state index >= 15 is 0 Å². The molecular formula is C21H24N2O5S. The van der Waals surface area contributed by atoms with Crippen LogP contribution in [0, 0.1) is 0 Å². The Morgan fingerprint density at radius 3 is 2.10 bits per heavy atom. The molecule has 1 saturated heterocycles. The fourth-order valence-corrected chi connectivity index (χ4v) is 4.66. The number of amides is 1. The quantitative estimate of drug-likeness (QED) is 0.676. The Morgan fingerprint density at radius 1 is 0.966 bits per heavy atom. The first kappa shape index (κ1) is 21.0. The van der Waals surface area contributed by atoms with Gasteiger partial charge in [-0.25, -0.2) is 13.2 Å². The zero-order valence-corrected chi connectivity index (χ0v) is 17.3. The number of ether oxygens (including phenoxy) is 1. The number of likely N-dealkylation sites (N-methyl/N-ethyl adjacent to an activating group) is 1. The monoisotopic (exact) mass is 416 g/mol. The summed E-state index contributed by atoms with van der Waals surface area (Å²) in [6.45, 7) is 1.02. The first-order valence-corrected chi connectivity index (χ1v) is 10.8. The minimum Gasteiger partial charge on any atom is -0.444 e. The van der Waals surface area contributed by atoms with Crippen molar-refractivity contribution in [3.05, 3.63) is 65.7 Å². The summed E-state index contributed by atoms with van der Waals surface area (Å²) in [5, 5.41) is 0. The van der Waals surface area contributed by atoms with Gasteiger partial charge in [0.05, 0.1) is 10.5 Å². The topological polar surface area (TPSA) is 84.0 Å². The second-order valence-electron chi connectivity index (χ2n) is 7.06. The Labute approximate surface area is 170 Å². The van der Waals surface area contributed by atoms with Gasteiger partial charge in [-0.3, -0.25) is 4.79 Å². The summed E-state index contributed by atoms with van der Waals surface area (Å²) in [4.78, 5) is 26.6. The van der Waals surface area contributed by atoms with Crippen molar-refractivity contribution in [1.29, 1.82) is 0 Å². The van der Waals surface area contributed by atoms with Crippen LogP contribution in [0.1, 0.15) is 34.9 Å². The molecule has 0 aliphatic carbocycles. The molecule has 0 bridgehead atoms. The normalized spacial score (nSPS) is 15.7. The third-order valence-electron chi connectivity index (χ3n) is 4.79. The maximum atomic E-state index is 12.6. The molecule has 2 aromatic carbocycles. The third-order valence-corrected chi connectivity index (χ3v) is 6.70. The number of carbonyl (C=O) groups is 2. The number of esters is 1. The fourth-order valence-electron chi connectivity index (χ4n) is 3.14. The van der Waals surface area contributed by atoms with Crippen LogP contribution in [0.4, 0.5) is 0 Å². The summed E-state index contributed by atoms with van der Waals surface area (Å²) in [5.74, 6) is -1.06. The molecule has 1 heterocycles. The maximum Gasteiger partial charge on any atom is 0.339 e. The van der Waals surface area contributed by atoms with Crippen LogP contribution >= 0.6 is 0 Å². The van der Waals surface area contributed by atoms with Gasteiger partial charge in [0.25, 0.3) is 5.91 Å². The number of hydrogen-bond donors (Lipinski definition) is 0. The molecule has 2 aromatic rings. The van der Waals surface area contributed by atoms with Gasteiger partial charge in [0.1, 0.15) is 0 Å². The fraction of sp³-hybridized carbons (Fsp3) is 0.333. The van der Waals surface area contributed by atoms with E-state index in [-0.39, 0.29) is 16.4 Å². The molecule has 1 atom stereocenters. The zero-order chi connectivity index (χ0) is 21.0. The van der Waals surface area contributed by atoms with E-state index in [0.717, 1.165) is 12.8 Å². The number of rotatable bonds is 6. The van der Waals surface area contributed by atoms with E-state index < -0.39 is 22.1 Å². The number of hydrogen-bond acceptors (Lipinski definition) is 5. The summed E-state index contributed by atoms with van der Waals surface area (Å²) < 4.78 is 32.1. The molecule has 1 fully saturated rings. The van der Waals surface area contributed by atoms with Gasteiger partial charge >= 0.3 is 5.97 Å². The van der Waals surface area contributed by atoms with Crippen LogP contribution in [0.3, 0.4) is 0 Å². The van der Waals surface area contributed by atoms with Crippen LogP contribution < -0.4 is 0 Å². The Hall–Kier alpha value is -2.71. The van der Waals surface area contributed by atoms with Gasteiger partial charge in [0.2, 0.25) is 16.1 Å². The highest BCUT2D eigenvalue weighted by Gasteiger charge is 2.29. The van der Waals surface area contributed by atoms with Gasteiger partial charge in [0.15, 0.2) is 0 Å². The molecular weight excluding hydrogens is 392 g/mol. The largest absolute Gasteiger partial charge is 0.444 e. The Bertz CT molecular complexity index is 966. The Balaban J connectivity index is 1.79. The lowest BCUT2D eigenvalue weighted by molar-refractivity contribution is -0.138. The lowest BCUT2D eigenvalue weighted by Crippen LogP contribution is -2.31. The molecule has 29 heavy (non-hydrogen) atoms. The smallest absolute Gasteiger partial charge is 0.339 e. The molecule has 0 aromatic heterocycles. The molecule has 0 radical (unpaired) electrons. The third kappa shape index (κ3) is 4.65. The van der Waals surface area contributed by atoms with Crippen LogP contribution in [-0.2, 0) is 19.6 Å². The van der Waals surface area contributed by atoms with Crippen LogP contribution in [-0.4, -0.2) is 56.7 Å². The Morgan fingerprint density at radius 2 is 1.55 bits per heavy atom. The van der Waals surface area contributed by atoms with Crippen LogP contribution in [0.5, 0.6) is 0 Å². The highest BCUT2D eigenvalue weighted by atomic mass is 32.2. The standard InChI is InChI=1S/C21H24N2O5S/c1-22(2)20(24)19(16-8-4-3-5-9-16)28-21(25)17-10-12-18(13-11-17)29(26,27)23-14-6-7-15-23/h3-5,8-13,19H,6-7,14-15H2,1-2H3/t19-/m1/s1. The van der Waals surface area contributed by atoms with E-state index in [1.807, 2.05) is 6.07 Å². The van der Waals surface area contributed by atoms with E-state index in [0.29, 0.717) is 18.7 Å². The molecule has 1 amide bonds. The second kappa shape index (κ2) is 8.75. The summed E-state index contributed by atoms with van der Waals surface area (Å²) in [5.41, 5.74) is 0.741. The first-order chi connectivity index (χ1) is 13.8. The van der Waals surface area contributed by atoms with Crippen LogP contribution in [0.15, 0.2) is 59.5 Å². The van der Waals surface area contributed by atoms with Crippen molar-refractivity contribution in [2.24, 2.45) is 0 Å². The van der Waals surface area contributed by atoms with E-state index in [1.165, 1.54) is 33.5 Å². The van der Waals surface area contributed by atoms with Crippen molar-refractivity contribution in [3.8, 4) is 0 Å². The minimum atomic E-state index is -3.55. The second-order valence-corrected chi connectivity index (χ2v) is 9.00. The van der Waals surface area contributed by atoms with Crippen molar-refractivity contribution >= 4 is 21.9 Å². The zero-order valence-electron chi connectivity index (χ0n) is 16.4. The molecule has 8 heteroatoms. The van der Waals surface area contributed by atoms with E-state index in [4.69, 9.17) is 4.74 Å². The van der Waals surface area contributed by atoms with Crippen molar-refractivity contribution in [2.75, 3.05) is 27.2 Å². The van der Waals surface area contributed by atoms with Crippen molar-refractivity contribution < 1.29 is 22.7 Å². The highest BCUT2D eigenvalue weighted by Crippen LogP contribution is 2.24. The van der Waals surface area contributed by atoms with Crippen LogP contribution in [0.2, 0.25) is 0 Å². The molecule has 3 rings (SSSR count). The van der Waals surface area contributed by atoms with E-state index in [9.17, 15) is 18.0 Å². The number of nitrogens with zero attached hydrogens (tertiary/aromatic N) is 2. The van der Waals surface area contributed by atoms with Gasteiger partial charge in [-0.05, 0) is 37.1 Å². The lowest BCUT2D eigenvalue weighted by Gasteiger charge is -2.21. The lowest BCUT2D eigenvalue weighted by atomic mass is 10.1. The Kier molecular flexibility index (Phi) is 6.34. The number of benzene rings is 2. The molecule has 154 valence electrons. The number of sulfonamides is 1. The summed E-state index contributed by atoms with van der Waals surface area (Å²) in [6.07, 6.45) is 0.626. The summed E-state index contributed by atoms with van der Waals surface area (Å²) in [7, 11) is -0.377. The number of carbonyl (C=O) groups excluding carboxylic acids is 2. The van der Waals surface area contributed by atoms with Gasteiger partial charge in [-0.1, -0.05) is 30.3 Å². The van der Waals surface area contributed by atoms with Gasteiger partial charge in [-0.2, -0.15) is 4.31 Å². The van der Waals surface area contributed by atoms with E-state index in [1.54, 1.807) is 38.4 Å². The first-order valence-electron chi connectivity index (χ1n) is 9.38. The van der Waals surface area contributed by atoms with E-state index in [2.05, 4.69) is 0 Å². The average molecular weight is 416 g/mol. The molecule has 0 spiro atoms. The highest BCUT2D eigenvalue weighted by molar-refractivity contribution is 7.89. The SMILES string of the molecule is CN(C)C(=O)[C@H](OC(=O)c1ccc(S(=O)(=O)N2CCCC2)cc1)c1ccccc1. The molecule has 0 saturated carbocycles. The van der Waals surface area contributed by atoms with Crippen LogP contribution in [0.25, 0.3) is 0 Å². The maximum absolute atomic E-state index is 12.6. The van der Waals surface area contributed by atoms with Crippen molar-refractivity contribution in [2.45, 2.75) is 23.8 Å². The molecule has 7 nitrogen and oxygen atoms in total. The molecule has 1 aliphatic heterocycles. The summed E-state index contributed by atoms with van der Waals surface area (Å²) >= 11 is 0. The molecule has 0 N–H and O–H groups in total. The predicted octanol–water partition coefficient (Wildman–Crippen LogP) is 2.46. The van der Waals surface area contributed by atoms with Crippen molar-refractivity contribution in [1.82, 2.24) is 9.21 Å².